The van der Waals surface area contributed by atoms with Gasteiger partial charge < -0.3 is 0 Å². The van der Waals surface area contributed by atoms with E-state index in [0.717, 1.165) is 4.47 Å². The molecule has 0 bridgehead atoms. The first-order valence-corrected chi connectivity index (χ1v) is 8.08. The molecule has 0 unspecified atom stereocenters. The summed E-state index contributed by atoms with van der Waals surface area (Å²) in [5.74, 6) is -1.51. The normalized spacial score (nSPS) is 16.5. The third-order valence-electron chi connectivity index (χ3n) is 3.35. The molecule has 1 heterocycles. The summed E-state index contributed by atoms with van der Waals surface area (Å²) < 4.78 is 13.8. The lowest BCUT2D eigenvalue weighted by molar-refractivity contribution is -0.122. The van der Waals surface area contributed by atoms with E-state index in [1.54, 1.807) is 18.2 Å². The van der Waals surface area contributed by atoms with Gasteiger partial charge in [-0.2, -0.15) is 0 Å². The quantitative estimate of drug-likeness (QED) is 0.473. The fourth-order valence-corrected chi connectivity index (χ4v) is 2.90. The van der Waals surface area contributed by atoms with Crippen molar-refractivity contribution in [3.63, 3.8) is 0 Å². The Labute approximate surface area is 151 Å². The highest BCUT2D eigenvalue weighted by atomic mass is 79.9. The van der Waals surface area contributed by atoms with Crippen LogP contribution in [0.4, 0.5) is 10.1 Å². The number of hydrogen-bond donors (Lipinski definition) is 1. The van der Waals surface area contributed by atoms with E-state index in [2.05, 4.69) is 21.2 Å². The lowest BCUT2D eigenvalue weighted by Crippen LogP contribution is -2.54. The van der Waals surface area contributed by atoms with E-state index < -0.39 is 17.6 Å². The van der Waals surface area contributed by atoms with Crippen LogP contribution in [0.25, 0.3) is 6.08 Å². The van der Waals surface area contributed by atoms with Crippen LogP contribution in [0.5, 0.6) is 0 Å². The summed E-state index contributed by atoms with van der Waals surface area (Å²) in [6.45, 7) is 0. The van der Waals surface area contributed by atoms with Crippen LogP contribution < -0.4 is 10.2 Å². The van der Waals surface area contributed by atoms with Gasteiger partial charge in [0.25, 0.3) is 11.8 Å². The monoisotopic (exact) mass is 404 g/mol. The predicted molar refractivity (Wildman–Crippen MR) is 96.7 cm³/mol. The van der Waals surface area contributed by atoms with Crippen LogP contribution in [0.3, 0.4) is 0 Å². The number of benzene rings is 2. The van der Waals surface area contributed by atoms with Gasteiger partial charge in [0.05, 0.1) is 5.69 Å². The minimum atomic E-state index is -0.583. The van der Waals surface area contributed by atoms with Crippen LogP contribution in [-0.2, 0) is 9.59 Å². The molecule has 3 rings (SSSR count). The van der Waals surface area contributed by atoms with E-state index >= 15 is 0 Å². The molecule has 2 aromatic rings. The van der Waals surface area contributed by atoms with Gasteiger partial charge in [-0.05, 0) is 54.2 Å². The van der Waals surface area contributed by atoms with Gasteiger partial charge in [-0.1, -0.05) is 34.1 Å². The second-order valence-electron chi connectivity index (χ2n) is 4.99. The summed E-state index contributed by atoms with van der Waals surface area (Å²) in [6.07, 6.45) is 1.41. The molecule has 0 saturated carbocycles. The Morgan fingerprint density at radius 1 is 1.12 bits per heavy atom. The summed E-state index contributed by atoms with van der Waals surface area (Å²) in [4.78, 5) is 26.1. The van der Waals surface area contributed by atoms with Crippen LogP contribution in [0, 0.1) is 5.82 Å². The molecule has 1 aliphatic rings. The van der Waals surface area contributed by atoms with E-state index in [-0.39, 0.29) is 10.7 Å². The Balaban J connectivity index is 2.01. The smallest absolute Gasteiger partial charge is 0.270 e. The van der Waals surface area contributed by atoms with Gasteiger partial charge in [-0.25, -0.2) is 4.39 Å². The number of nitrogens with zero attached hydrogens (tertiary/aromatic N) is 1. The van der Waals surface area contributed by atoms with Gasteiger partial charge in [0.2, 0.25) is 0 Å². The van der Waals surface area contributed by atoms with Gasteiger partial charge in [-0.3, -0.25) is 19.8 Å². The number of carbonyl (C=O) groups excluding carboxylic acids is 2. The molecule has 4 nitrogen and oxygen atoms in total. The standard InChI is InChI=1S/C17H10BrFN2O2S/c18-11-2-1-3-13(9-11)21-16(23)14(15(22)20-17(21)24)8-10-4-6-12(19)7-5-10/h1-9H,(H,20,22,24). The third-order valence-corrected chi connectivity index (χ3v) is 4.13. The summed E-state index contributed by atoms with van der Waals surface area (Å²) in [5, 5.41) is 2.51. The number of thiocarbonyl (C=S) groups is 1. The van der Waals surface area contributed by atoms with E-state index in [0.29, 0.717) is 11.3 Å². The van der Waals surface area contributed by atoms with Gasteiger partial charge in [0, 0.05) is 4.47 Å². The van der Waals surface area contributed by atoms with Crippen LogP contribution in [-0.4, -0.2) is 16.9 Å². The van der Waals surface area contributed by atoms with Crippen molar-refractivity contribution in [2.75, 3.05) is 4.90 Å². The molecule has 0 spiro atoms. The molecule has 1 saturated heterocycles. The first-order chi connectivity index (χ1) is 11.5. The highest BCUT2D eigenvalue weighted by molar-refractivity contribution is 9.10. The van der Waals surface area contributed by atoms with Crippen LogP contribution in [0.15, 0.2) is 58.6 Å². The average molecular weight is 405 g/mol. The zero-order valence-electron chi connectivity index (χ0n) is 12.1. The Morgan fingerprint density at radius 2 is 1.83 bits per heavy atom. The van der Waals surface area contributed by atoms with Crippen LogP contribution in [0.1, 0.15) is 5.56 Å². The maximum atomic E-state index is 13.0. The second kappa shape index (κ2) is 6.62. The van der Waals surface area contributed by atoms with Crippen molar-refractivity contribution in [2.45, 2.75) is 0 Å². The molecule has 7 heteroatoms. The number of hydrogen-bond acceptors (Lipinski definition) is 3. The predicted octanol–water partition coefficient (Wildman–Crippen LogP) is 3.42. The Bertz CT molecular complexity index is 880. The van der Waals surface area contributed by atoms with E-state index in [1.165, 1.54) is 35.2 Å². The molecule has 2 amide bonds. The zero-order chi connectivity index (χ0) is 17.3. The Hall–Kier alpha value is -2.38. The molecular formula is C17H10BrFN2O2S. The molecule has 0 radical (unpaired) electrons. The minimum absolute atomic E-state index is 0.0133. The van der Waals surface area contributed by atoms with Crippen molar-refractivity contribution in [2.24, 2.45) is 0 Å². The van der Waals surface area contributed by atoms with Crippen molar-refractivity contribution in [3.05, 3.63) is 70.0 Å². The lowest BCUT2D eigenvalue weighted by atomic mass is 10.1. The molecule has 2 aromatic carbocycles. The molecule has 0 atom stereocenters. The number of anilines is 1. The lowest BCUT2D eigenvalue weighted by Gasteiger charge is -2.29. The summed E-state index contributed by atoms with van der Waals surface area (Å²) in [5.41, 5.74) is 0.997. The van der Waals surface area contributed by atoms with Gasteiger partial charge in [0.15, 0.2) is 5.11 Å². The van der Waals surface area contributed by atoms with Crippen molar-refractivity contribution in [3.8, 4) is 0 Å². The second-order valence-corrected chi connectivity index (χ2v) is 6.29. The molecule has 0 aliphatic carbocycles. The Morgan fingerprint density at radius 3 is 2.50 bits per heavy atom. The van der Waals surface area contributed by atoms with Gasteiger partial charge in [-0.15, -0.1) is 0 Å². The first kappa shape index (κ1) is 16.5. The molecule has 1 fully saturated rings. The number of carbonyl (C=O) groups is 2. The van der Waals surface area contributed by atoms with Crippen molar-refractivity contribution < 1.29 is 14.0 Å². The maximum absolute atomic E-state index is 13.0. The molecule has 1 aliphatic heterocycles. The van der Waals surface area contributed by atoms with E-state index in [1.807, 2.05) is 6.07 Å². The molecule has 1 N–H and O–H groups in total. The number of nitrogens with one attached hydrogen (secondary N) is 1. The topological polar surface area (TPSA) is 49.4 Å². The Kier molecular flexibility index (Phi) is 4.55. The highest BCUT2D eigenvalue weighted by Crippen LogP contribution is 2.24. The fraction of sp³-hybridized carbons (Fsp3) is 0. The SMILES string of the molecule is O=C1NC(=S)N(c2cccc(Br)c2)C(=O)C1=Cc1ccc(F)cc1. The van der Waals surface area contributed by atoms with Crippen molar-refractivity contribution in [1.29, 1.82) is 0 Å². The average Bonchev–Trinajstić information content (AvgIpc) is 2.53. The van der Waals surface area contributed by atoms with Crippen LogP contribution in [0.2, 0.25) is 0 Å². The van der Waals surface area contributed by atoms with Gasteiger partial charge in [0.1, 0.15) is 11.4 Å². The molecule has 120 valence electrons. The maximum Gasteiger partial charge on any atom is 0.270 e. The highest BCUT2D eigenvalue weighted by Gasteiger charge is 2.34. The van der Waals surface area contributed by atoms with Gasteiger partial charge >= 0.3 is 0 Å². The van der Waals surface area contributed by atoms with Crippen molar-refractivity contribution in [1.82, 2.24) is 5.32 Å². The summed E-state index contributed by atoms with van der Waals surface area (Å²) in [7, 11) is 0. The van der Waals surface area contributed by atoms with Crippen LogP contribution >= 0.6 is 28.1 Å². The summed E-state index contributed by atoms with van der Waals surface area (Å²) in [6, 6.07) is 12.5. The molecule has 24 heavy (non-hydrogen) atoms. The summed E-state index contributed by atoms with van der Waals surface area (Å²) >= 11 is 8.46. The number of halogens is 2. The van der Waals surface area contributed by atoms with Crippen molar-refractivity contribution >= 4 is 56.8 Å². The fourth-order valence-electron chi connectivity index (χ4n) is 2.23. The number of rotatable bonds is 2. The first-order valence-electron chi connectivity index (χ1n) is 6.88. The zero-order valence-corrected chi connectivity index (χ0v) is 14.5. The minimum Gasteiger partial charge on any atom is -0.298 e. The largest absolute Gasteiger partial charge is 0.298 e. The molecule has 0 aromatic heterocycles. The van der Waals surface area contributed by atoms with E-state index in [9.17, 15) is 14.0 Å². The third kappa shape index (κ3) is 3.27. The molecular weight excluding hydrogens is 395 g/mol. The van der Waals surface area contributed by atoms with E-state index in [4.69, 9.17) is 12.2 Å². The number of amides is 2.